The van der Waals surface area contributed by atoms with Crippen molar-refractivity contribution in [1.82, 2.24) is 4.90 Å². The second kappa shape index (κ2) is 7.75. The van der Waals surface area contributed by atoms with Gasteiger partial charge in [0.1, 0.15) is 18.1 Å². The molecule has 0 saturated heterocycles. The second-order valence-corrected chi connectivity index (χ2v) is 7.37. The van der Waals surface area contributed by atoms with E-state index < -0.39 is 0 Å². The van der Waals surface area contributed by atoms with Crippen LogP contribution < -0.4 is 10.4 Å². The summed E-state index contributed by atoms with van der Waals surface area (Å²) >= 11 is 6.30. The topological polar surface area (TPSA) is 42.7 Å². The molecule has 0 saturated carbocycles. The maximum atomic E-state index is 12.1. The molecule has 1 aliphatic heterocycles. The number of aryl methyl sites for hydroxylation is 1. The third-order valence-corrected chi connectivity index (χ3v) is 5.36. The van der Waals surface area contributed by atoms with Gasteiger partial charge in [0.2, 0.25) is 0 Å². The molecule has 1 aromatic heterocycles. The number of halogens is 1. The van der Waals surface area contributed by atoms with Gasteiger partial charge in [0.05, 0.1) is 5.56 Å². The third kappa shape index (κ3) is 3.73. The lowest BCUT2D eigenvalue weighted by molar-refractivity contribution is 0.0890. The average Bonchev–Trinajstić information content (AvgIpc) is 2.67. The highest BCUT2D eigenvalue weighted by Gasteiger charge is 2.23. The van der Waals surface area contributed by atoms with Crippen molar-refractivity contribution in [2.24, 2.45) is 0 Å². The average molecular weight is 384 g/mol. The summed E-state index contributed by atoms with van der Waals surface area (Å²) in [6, 6.07) is 13.4. The lowest BCUT2D eigenvalue weighted by Crippen LogP contribution is -2.31. The minimum absolute atomic E-state index is 0.301. The monoisotopic (exact) mass is 383 g/mol. The van der Waals surface area contributed by atoms with Gasteiger partial charge in [0, 0.05) is 29.6 Å². The molecule has 5 heteroatoms. The zero-order chi connectivity index (χ0) is 18.8. The van der Waals surface area contributed by atoms with Crippen LogP contribution in [-0.4, -0.2) is 11.6 Å². The van der Waals surface area contributed by atoms with Gasteiger partial charge in [0.25, 0.3) is 0 Å². The fourth-order valence-corrected chi connectivity index (χ4v) is 3.78. The van der Waals surface area contributed by atoms with E-state index in [-0.39, 0.29) is 5.63 Å². The van der Waals surface area contributed by atoms with Crippen LogP contribution in [0.15, 0.2) is 51.7 Å². The predicted octanol–water partition coefficient (Wildman–Crippen LogP) is 5.14. The normalized spacial score (nSPS) is 14.1. The van der Waals surface area contributed by atoms with Crippen molar-refractivity contribution in [3.8, 4) is 5.75 Å². The lowest BCUT2D eigenvalue weighted by atomic mass is 10.0. The fraction of sp³-hybridized carbons (Fsp3) is 0.318. The van der Waals surface area contributed by atoms with Crippen LogP contribution in [0.1, 0.15) is 36.5 Å². The van der Waals surface area contributed by atoms with E-state index >= 15 is 0 Å². The Balaban J connectivity index is 1.70. The van der Waals surface area contributed by atoms with Crippen LogP contribution in [0, 0.1) is 0 Å². The maximum absolute atomic E-state index is 12.1. The summed E-state index contributed by atoms with van der Waals surface area (Å²) in [7, 11) is 0. The smallest absolute Gasteiger partial charge is 0.336 e. The van der Waals surface area contributed by atoms with Gasteiger partial charge >= 0.3 is 5.63 Å². The summed E-state index contributed by atoms with van der Waals surface area (Å²) in [5.41, 5.74) is 3.38. The van der Waals surface area contributed by atoms with Gasteiger partial charge in [0.15, 0.2) is 0 Å². The molecule has 0 amide bonds. The van der Waals surface area contributed by atoms with E-state index in [1.54, 1.807) is 6.07 Å². The number of fused-ring (bicyclic) bond motifs is 3. The highest BCUT2D eigenvalue weighted by Crippen LogP contribution is 2.34. The van der Waals surface area contributed by atoms with E-state index in [2.05, 4.69) is 11.8 Å². The summed E-state index contributed by atoms with van der Waals surface area (Å²) < 4.78 is 11.6. The van der Waals surface area contributed by atoms with Crippen molar-refractivity contribution >= 4 is 22.6 Å². The van der Waals surface area contributed by atoms with E-state index in [4.69, 9.17) is 20.8 Å². The largest absolute Gasteiger partial charge is 0.478 e. The molecule has 0 spiro atoms. The number of nitrogens with zero attached hydrogens (tertiary/aromatic N) is 1. The first kappa shape index (κ1) is 18.1. The Hall–Kier alpha value is -2.30. The molecule has 0 aliphatic carbocycles. The first-order valence-electron chi connectivity index (χ1n) is 9.33. The maximum Gasteiger partial charge on any atom is 0.336 e. The van der Waals surface area contributed by atoms with E-state index in [1.165, 1.54) is 0 Å². The molecular weight excluding hydrogens is 362 g/mol. The van der Waals surface area contributed by atoms with Crippen LogP contribution in [0.3, 0.4) is 0 Å². The first-order valence-corrected chi connectivity index (χ1v) is 9.70. The molecule has 27 heavy (non-hydrogen) atoms. The SMILES string of the molecule is CCCCc1cc(=O)oc2c3c(ccc12)OCN(Cc1ccccc1Cl)C3. The van der Waals surface area contributed by atoms with Gasteiger partial charge in [-0.05, 0) is 42.2 Å². The van der Waals surface area contributed by atoms with E-state index in [9.17, 15) is 4.79 Å². The molecular formula is C22H22ClNO3. The molecule has 0 atom stereocenters. The summed E-state index contributed by atoms with van der Waals surface area (Å²) in [6.45, 7) is 3.95. The number of benzene rings is 2. The highest BCUT2D eigenvalue weighted by atomic mass is 35.5. The Bertz CT molecular complexity index is 1030. The minimum atomic E-state index is -0.301. The zero-order valence-corrected chi connectivity index (χ0v) is 16.1. The van der Waals surface area contributed by atoms with Gasteiger partial charge in [-0.15, -0.1) is 0 Å². The molecule has 4 nitrogen and oxygen atoms in total. The molecule has 0 N–H and O–H groups in total. The van der Waals surface area contributed by atoms with Crippen LogP contribution in [0.25, 0.3) is 11.0 Å². The predicted molar refractivity (Wildman–Crippen MR) is 107 cm³/mol. The van der Waals surface area contributed by atoms with Crippen LogP contribution in [0.2, 0.25) is 5.02 Å². The van der Waals surface area contributed by atoms with Gasteiger partial charge in [-0.25, -0.2) is 4.79 Å². The van der Waals surface area contributed by atoms with E-state index in [1.807, 2.05) is 36.4 Å². The Morgan fingerprint density at radius 2 is 2.00 bits per heavy atom. The van der Waals surface area contributed by atoms with Crippen molar-refractivity contribution in [3.63, 3.8) is 0 Å². The molecule has 140 valence electrons. The van der Waals surface area contributed by atoms with Crippen molar-refractivity contribution in [2.75, 3.05) is 6.73 Å². The third-order valence-electron chi connectivity index (χ3n) is 4.99. The summed E-state index contributed by atoms with van der Waals surface area (Å²) in [5, 5.41) is 1.75. The molecule has 2 aromatic carbocycles. The first-order chi connectivity index (χ1) is 13.2. The van der Waals surface area contributed by atoms with E-state index in [0.717, 1.165) is 52.1 Å². The summed E-state index contributed by atoms with van der Waals surface area (Å²) in [6.07, 6.45) is 3.01. The van der Waals surface area contributed by atoms with Gasteiger partial charge in [-0.2, -0.15) is 0 Å². The molecule has 4 rings (SSSR count). The van der Waals surface area contributed by atoms with Gasteiger partial charge < -0.3 is 9.15 Å². The van der Waals surface area contributed by atoms with Crippen LogP contribution in [0.5, 0.6) is 5.75 Å². The van der Waals surface area contributed by atoms with Crippen molar-refractivity contribution in [1.29, 1.82) is 0 Å². The Labute approximate surface area is 163 Å². The van der Waals surface area contributed by atoms with E-state index in [0.29, 0.717) is 25.4 Å². The quantitative estimate of drug-likeness (QED) is 0.572. The molecule has 2 heterocycles. The highest BCUT2D eigenvalue weighted by molar-refractivity contribution is 6.31. The minimum Gasteiger partial charge on any atom is -0.478 e. The number of ether oxygens (including phenoxy) is 1. The van der Waals surface area contributed by atoms with Crippen LogP contribution in [0.4, 0.5) is 0 Å². The Kier molecular flexibility index (Phi) is 5.19. The number of rotatable bonds is 5. The second-order valence-electron chi connectivity index (χ2n) is 6.97. The van der Waals surface area contributed by atoms with Gasteiger partial charge in [-0.1, -0.05) is 43.1 Å². The van der Waals surface area contributed by atoms with Crippen molar-refractivity contribution in [3.05, 3.63) is 74.6 Å². The fourth-order valence-electron chi connectivity index (χ4n) is 3.59. The molecule has 0 radical (unpaired) electrons. The zero-order valence-electron chi connectivity index (χ0n) is 15.3. The van der Waals surface area contributed by atoms with Gasteiger partial charge in [-0.3, -0.25) is 4.90 Å². The Morgan fingerprint density at radius 3 is 2.81 bits per heavy atom. The molecule has 0 fully saturated rings. The lowest BCUT2D eigenvalue weighted by Gasteiger charge is -2.29. The van der Waals surface area contributed by atoms with Crippen LogP contribution >= 0.6 is 11.6 Å². The molecule has 3 aromatic rings. The standard InChI is InChI=1S/C22H22ClNO3/c1-2-3-6-15-11-21(25)27-22-17(15)9-10-20-18(22)13-24(14-26-20)12-16-7-4-5-8-19(16)23/h4-5,7-11H,2-3,6,12-14H2,1H3. The van der Waals surface area contributed by atoms with Crippen LogP contribution in [-0.2, 0) is 19.5 Å². The summed E-state index contributed by atoms with van der Waals surface area (Å²) in [5.74, 6) is 0.786. The van der Waals surface area contributed by atoms with Crippen molar-refractivity contribution < 1.29 is 9.15 Å². The summed E-state index contributed by atoms with van der Waals surface area (Å²) in [4.78, 5) is 14.3. The molecule has 0 bridgehead atoms. The number of hydrogen-bond donors (Lipinski definition) is 0. The Morgan fingerprint density at radius 1 is 1.15 bits per heavy atom. The number of hydrogen-bond acceptors (Lipinski definition) is 4. The molecule has 0 unspecified atom stereocenters. The molecule has 1 aliphatic rings. The number of unbranched alkanes of at least 4 members (excludes halogenated alkanes) is 1. The van der Waals surface area contributed by atoms with Crippen molar-refractivity contribution in [2.45, 2.75) is 39.3 Å².